The maximum Gasteiger partial charge on any atom is 0.129 e. The fraction of sp³-hybridized carbons (Fsp3) is 0.533. The molecule has 0 heterocycles. The SMILES string of the molecule is CC.CC(C)(C)C.N#Cc1ccc(F)c(CO)c1Br. The van der Waals surface area contributed by atoms with Crippen molar-refractivity contribution in [1.29, 1.82) is 5.26 Å². The molecule has 0 aliphatic carbocycles. The lowest BCUT2D eigenvalue weighted by Gasteiger charge is -2.05. The molecule has 1 aromatic rings. The van der Waals surface area contributed by atoms with Gasteiger partial charge in [0.1, 0.15) is 11.9 Å². The van der Waals surface area contributed by atoms with E-state index in [4.69, 9.17) is 10.4 Å². The molecule has 0 fully saturated rings. The molecule has 0 aromatic heterocycles. The average Bonchev–Trinajstić information content (AvgIpc) is 2.30. The van der Waals surface area contributed by atoms with E-state index in [0.717, 1.165) is 6.07 Å². The molecule has 1 rings (SSSR count). The number of hydrogen-bond donors (Lipinski definition) is 1. The summed E-state index contributed by atoms with van der Waals surface area (Å²) < 4.78 is 13.2. The second-order valence-corrected chi connectivity index (χ2v) is 5.95. The molecule has 0 amide bonds. The van der Waals surface area contributed by atoms with Crippen molar-refractivity contribution in [2.75, 3.05) is 0 Å². The summed E-state index contributed by atoms with van der Waals surface area (Å²) in [5.41, 5.74) is 0.939. The minimum atomic E-state index is -0.511. The number of aliphatic hydroxyl groups is 1. The molecule has 0 spiro atoms. The van der Waals surface area contributed by atoms with E-state index in [-0.39, 0.29) is 5.56 Å². The number of benzene rings is 1. The van der Waals surface area contributed by atoms with Crippen LogP contribution in [-0.4, -0.2) is 5.11 Å². The molecule has 108 valence electrons. The highest BCUT2D eigenvalue weighted by atomic mass is 79.9. The van der Waals surface area contributed by atoms with Crippen LogP contribution >= 0.6 is 15.9 Å². The van der Waals surface area contributed by atoms with Crippen molar-refractivity contribution < 1.29 is 9.50 Å². The standard InChI is InChI=1S/C8H5BrFNO.C5H12.C2H6/c9-8-5(3-11)1-2-7(10)6(8)4-12;1-5(2,3)4;1-2/h1-2,12H,4H2;1-4H3;1-2H3. The molecule has 0 unspecified atom stereocenters. The van der Waals surface area contributed by atoms with Crippen molar-refractivity contribution in [3.05, 3.63) is 33.5 Å². The molecule has 1 N–H and O–H groups in total. The molecule has 19 heavy (non-hydrogen) atoms. The Morgan fingerprint density at radius 3 is 2.00 bits per heavy atom. The van der Waals surface area contributed by atoms with Crippen LogP contribution in [0.1, 0.15) is 52.7 Å². The molecule has 0 saturated heterocycles. The lowest BCUT2D eigenvalue weighted by atomic mass is 10.0. The maximum atomic E-state index is 12.9. The summed E-state index contributed by atoms with van der Waals surface area (Å²) in [5.74, 6) is -0.511. The number of hydrogen-bond acceptors (Lipinski definition) is 2. The summed E-state index contributed by atoms with van der Waals surface area (Å²) in [5, 5.41) is 17.3. The van der Waals surface area contributed by atoms with Crippen molar-refractivity contribution in [2.45, 2.75) is 48.1 Å². The molecule has 0 saturated carbocycles. The smallest absolute Gasteiger partial charge is 0.129 e. The highest BCUT2D eigenvalue weighted by Crippen LogP contribution is 2.23. The van der Waals surface area contributed by atoms with Crippen LogP contribution in [0.25, 0.3) is 0 Å². The van der Waals surface area contributed by atoms with E-state index >= 15 is 0 Å². The Morgan fingerprint density at radius 2 is 1.68 bits per heavy atom. The molecule has 1 aromatic carbocycles. The van der Waals surface area contributed by atoms with Gasteiger partial charge in [-0.3, -0.25) is 0 Å². The zero-order chi connectivity index (χ0) is 15.6. The number of nitrogens with zero attached hydrogens (tertiary/aromatic N) is 1. The third-order valence-electron chi connectivity index (χ3n) is 1.46. The number of nitriles is 1. The first kappa shape index (κ1) is 20.4. The quantitative estimate of drug-likeness (QED) is 0.784. The minimum absolute atomic E-state index is 0.119. The largest absolute Gasteiger partial charge is 0.392 e. The van der Waals surface area contributed by atoms with Gasteiger partial charge in [0.25, 0.3) is 0 Å². The molecule has 0 radical (unpaired) electrons. The molecule has 0 aliphatic rings. The molecule has 0 aliphatic heterocycles. The first-order valence-corrected chi connectivity index (χ1v) is 6.98. The van der Waals surface area contributed by atoms with Crippen LogP contribution in [0.4, 0.5) is 4.39 Å². The van der Waals surface area contributed by atoms with E-state index in [0.29, 0.717) is 15.5 Å². The van der Waals surface area contributed by atoms with Crippen LogP contribution in [0.15, 0.2) is 16.6 Å². The molecule has 0 bridgehead atoms. The van der Waals surface area contributed by atoms with Crippen LogP contribution in [0, 0.1) is 22.6 Å². The molecule has 4 heteroatoms. The Hall–Kier alpha value is -0.920. The van der Waals surface area contributed by atoms with Crippen molar-refractivity contribution in [3.8, 4) is 6.07 Å². The van der Waals surface area contributed by atoms with Gasteiger partial charge in [-0.15, -0.1) is 0 Å². The highest BCUT2D eigenvalue weighted by Gasteiger charge is 2.09. The summed E-state index contributed by atoms with van der Waals surface area (Å²) >= 11 is 3.03. The summed E-state index contributed by atoms with van der Waals surface area (Å²) in [7, 11) is 0. The lowest BCUT2D eigenvalue weighted by Crippen LogP contribution is -1.93. The third kappa shape index (κ3) is 9.63. The average molecular weight is 332 g/mol. The Labute approximate surface area is 124 Å². The predicted octanol–water partition coefficient (Wildman–Crippen LogP) is 5.03. The van der Waals surface area contributed by atoms with Crippen molar-refractivity contribution in [2.24, 2.45) is 5.41 Å². The van der Waals surface area contributed by atoms with E-state index < -0.39 is 12.4 Å². The van der Waals surface area contributed by atoms with E-state index in [2.05, 4.69) is 43.6 Å². The second-order valence-electron chi connectivity index (χ2n) is 5.16. The van der Waals surface area contributed by atoms with Gasteiger partial charge in [-0.05, 0) is 33.5 Å². The summed E-state index contributed by atoms with van der Waals surface area (Å²) in [6.45, 7) is 12.3. The first-order valence-electron chi connectivity index (χ1n) is 6.18. The van der Waals surface area contributed by atoms with E-state index in [1.165, 1.54) is 6.07 Å². The van der Waals surface area contributed by atoms with E-state index in [9.17, 15) is 4.39 Å². The Balaban J connectivity index is 0. The van der Waals surface area contributed by atoms with Gasteiger partial charge in [-0.25, -0.2) is 4.39 Å². The zero-order valence-corrected chi connectivity index (χ0v) is 14.1. The predicted molar refractivity (Wildman–Crippen MR) is 81.2 cm³/mol. The van der Waals surface area contributed by atoms with Crippen molar-refractivity contribution in [3.63, 3.8) is 0 Å². The monoisotopic (exact) mass is 331 g/mol. The molecular formula is C15H23BrFNO. The first-order chi connectivity index (χ1) is 8.70. The Morgan fingerprint density at radius 1 is 1.26 bits per heavy atom. The lowest BCUT2D eigenvalue weighted by molar-refractivity contribution is 0.275. The summed E-state index contributed by atoms with van der Waals surface area (Å²) in [4.78, 5) is 0. The van der Waals surface area contributed by atoms with Gasteiger partial charge in [0, 0.05) is 10.0 Å². The summed E-state index contributed by atoms with van der Waals surface area (Å²) in [6.07, 6.45) is 0. The highest BCUT2D eigenvalue weighted by molar-refractivity contribution is 9.10. The fourth-order valence-corrected chi connectivity index (χ4v) is 1.36. The number of halogens is 2. The van der Waals surface area contributed by atoms with Gasteiger partial charge in [0.05, 0.1) is 12.2 Å². The topological polar surface area (TPSA) is 44.0 Å². The maximum absolute atomic E-state index is 12.9. The summed E-state index contributed by atoms with van der Waals surface area (Å²) in [6, 6.07) is 4.39. The van der Waals surface area contributed by atoms with Crippen LogP contribution in [0.2, 0.25) is 0 Å². The Kier molecular flexibility index (Phi) is 10.7. The zero-order valence-electron chi connectivity index (χ0n) is 12.5. The normalized spacial score (nSPS) is 9.47. The fourth-order valence-electron chi connectivity index (χ4n) is 0.829. The van der Waals surface area contributed by atoms with Crippen molar-refractivity contribution in [1.82, 2.24) is 0 Å². The van der Waals surface area contributed by atoms with Gasteiger partial charge in [-0.1, -0.05) is 41.5 Å². The second kappa shape index (κ2) is 9.94. The van der Waals surface area contributed by atoms with Crippen molar-refractivity contribution >= 4 is 15.9 Å². The Bertz CT molecular complexity index is 413. The van der Waals surface area contributed by atoms with Crippen LogP contribution in [-0.2, 0) is 6.61 Å². The van der Waals surface area contributed by atoms with E-state index in [1.54, 1.807) is 0 Å². The molecule has 2 nitrogen and oxygen atoms in total. The molecular weight excluding hydrogens is 309 g/mol. The van der Waals surface area contributed by atoms with Gasteiger partial charge in [0.15, 0.2) is 0 Å². The van der Waals surface area contributed by atoms with Crippen LogP contribution in [0.3, 0.4) is 0 Å². The van der Waals surface area contributed by atoms with E-state index in [1.807, 2.05) is 19.9 Å². The number of rotatable bonds is 1. The van der Waals surface area contributed by atoms with Gasteiger partial charge in [-0.2, -0.15) is 5.26 Å². The number of aliphatic hydroxyl groups excluding tert-OH is 1. The van der Waals surface area contributed by atoms with Gasteiger partial charge < -0.3 is 5.11 Å². The van der Waals surface area contributed by atoms with Crippen LogP contribution < -0.4 is 0 Å². The van der Waals surface area contributed by atoms with Gasteiger partial charge >= 0.3 is 0 Å². The van der Waals surface area contributed by atoms with Gasteiger partial charge in [0.2, 0.25) is 0 Å². The minimum Gasteiger partial charge on any atom is -0.392 e. The molecule has 0 atom stereocenters. The van der Waals surface area contributed by atoms with Crippen LogP contribution in [0.5, 0.6) is 0 Å². The third-order valence-corrected chi connectivity index (χ3v) is 2.37.